The highest BCUT2D eigenvalue weighted by atomic mass is 14.2. The molecule has 0 aliphatic heterocycles. The van der Waals surface area contributed by atoms with E-state index in [1.54, 1.807) is 0 Å². The molecule has 0 N–H and O–H groups in total. The standard InChI is InChI=1S/C10H18/c1-6-7-8-9(2)10(3,4)5/h6-9H,1H2,2-5H3/b8-7-. The molecule has 0 amide bonds. The number of hydrogen-bond donors (Lipinski definition) is 0. The van der Waals surface area contributed by atoms with Crippen LogP contribution in [0.25, 0.3) is 0 Å². The Morgan fingerprint density at radius 3 is 2.10 bits per heavy atom. The maximum Gasteiger partial charge on any atom is -0.0210 e. The molecule has 0 heterocycles. The first kappa shape index (κ1) is 9.48. The first-order valence-corrected chi connectivity index (χ1v) is 3.77. The molecule has 0 nitrogen and oxygen atoms in total. The fraction of sp³-hybridized carbons (Fsp3) is 0.600. The third kappa shape index (κ3) is 3.49. The largest absolute Gasteiger partial charge is 0.0991 e. The van der Waals surface area contributed by atoms with E-state index in [4.69, 9.17) is 0 Å². The van der Waals surface area contributed by atoms with E-state index in [0.717, 1.165) is 0 Å². The minimum atomic E-state index is 0.375. The molecule has 0 aromatic heterocycles. The van der Waals surface area contributed by atoms with Crippen LogP contribution in [0.3, 0.4) is 0 Å². The summed E-state index contributed by atoms with van der Waals surface area (Å²) in [4.78, 5) is 0. The third-order valence-electron chi connectivity index (χ3n) is 1.90. The second-order valence-electron chi connectivity index (χ2n) is 3.78. The first-order chi connectivity index (χ1) is 4.48. The molecule has 1 unspecified atom stereocenters. The number of rotatable bonds is 2. The lowest BCUT2D eigenvalue weighted by Crippen LogP contribution is -2.14. The summed E-state index contributed by atoms with van der Waals surface area (Å²) in [7, 11) is 0. The molecule has 1 atom stereocenters. The van der Waals surface area contributed by atoms with Gasteiger partial charge in [-0.3, -0.25) is 0 Å². The highest BCUT2D eigenvalue weighted by Gasteiger charge is 2.16. The normalized spacial score (nSPS) is 15.6. The van der Waals surface area contributed by atoms with Gasteiger partial charge in [0.1, 0.15) is 0 Å². The minimum absolute atomic E-state index is 0.375. The molecule has 0 saturated carbocycles. The van der Waals surface area contributed by atoms with E-state index in [0.29, 0.717) is 11.3 Å². The Labute approximate surface area is 64.6 Å². The van der Waals surface area contributed by atoms with Crippen LogP contribution in [-0.4, -0.2) is 0 Å². The Hall–Kier alpha value is -0.520. The Morgan fingerprint density at radius 1 is 1.30 bits per heavy atom. The van der Waals surface area contributed by atoms with Gasteiger partial charge in [-0.05, 0) is 11.3 Å². The van der Waals surface area contributed by atoms with Crippen molar-refractivity contribution in [1.29, 1.82) is 0 Å². The number of hydrogen-bond acceptors (Lipinski definition) is 0. The molecule has 10 heavy (non-hydrogen) atoms. The molecule has 0 radical (unpaired) electrons. The summed E-state index contributed by atoms with van der Waals surface area (Å²) in [5, 5.41) is 0. The zero-order valence-corrected chi connectivity index (χ0v) is 7.52. The fourth-order valence-electron chi connectivity index (χ4n) is 0.534. The fourth-order valence-corrected chi connectivity index (χ4v) is 0.534. The van der Waals surface area contributed by atoms with Gasteiger partial charge in [0.15, 0.2) is 0 Å². The summed E-state index contributed by atoms with van der Waals surface area (Å²) >= 11 is 0. The maximum absolute atomic E-state index is 3.63. The SMILES string of the molecule is C=C/C=C\C(C)C(C)(C)C. The molecular weight excluding hydrogens is 120 g/mol. The van der Waals surface area contributed by atoms with Gasteiger partial charge in [0.25, 0.3) is 0 Å². The Morgan fingerprint density at radius 2 is 1.80 bits per heavy atom. The van der Waals surface area contributed by atoms with Crippen molar-refractivity contribution in [3.05, 3.63) is 24.8 Å². The van der Waals surface area contributed by atoms with Gasteiger partial charge in [-0.15, -0.1) is 0 Å². The lowest BCUT2D eigenvalue weighted by atomic mass is 9.82. The zero-order chi connectivity index (χ0) is 8.20. The van der Waals surface area contributed by atoms with Crippen molar-refractivity contribution in [1.82, 2.24) is 0 Å². The van der Waals surface area contributed by atoms with Crippen molar-refractivity contribution in [3.63, 3.8) is 0 Å². The van der Waals surface area contributed by atoms with Gasteiger partial charge >= 0.3 is 0 Å². The van der Waals surface area contributed by atoms with Crippen LogP contribution in [0.15, 0.2) is 24.8 Å². The van der Waals surface area contributed by atoms with Crippen molar-refractivity contribution >= 4 is 0 Å². The predicted octanol–water partition coefficient (Wildman–Crippen LogP) is 3.41. The minimum Gasteiger partial charge on any atom is -0.0991 e. The van der Waals surface area contributed by atoms with Crippen LogP contribution in [-0.2, 0) is 0 Å². The molecule has 0 heteroatoms. The Balaban J connectivity index is 3.96. The van der Waals surface area contributed by atoms with Gasteiger partial charge in [-0.25, -0.2) is 0 Å². The summed E-state index contributed by atoms with van der Waals surface area (Å²) in [6, 6.07) is 0. The summed E-state index contributed by atoms with van der Waals surface area (Å²) in [6.45, 7) is 12.6. The van der Waals surface area contributed by atoms with E-state index in [-0.39, 0.29) is 0 Å². The summed E-state index contributed by atoms with van der Waals surface area (Å²) in [5.41, 5.74) is 0.375. The van der Waals surface area contributed by atoms with Crippen molar-refractivity contribution in [2.45, 2.75) is 27.7 Å². The molecule has 0 aliphatic rings. The zero-order valence-electron chi connectivity index (χ0n) is 7.52. The van der Waals surface area contributed by atoms with Crippen LogP contribution in [0.1, 0.15) is 27.7 Å². The molecule has 0 aromatic carbocycles. The van der Waals surface area contributed by atoms with Gasteiger partial charge in [-0.2, -0.15) is 0 Å². The van der Waals surface area contributed by atoms with E-state index in [1.807, 2.05) is 12.2 Å². The Kier molecular flexibility index (Phi) is 3.41. The Bertz CT molecular complexity index is 123. The maximum atomic E-state index is 3.63. The lowest BCUT2D eigenvalue weighted by molar-refractivity contribution is 0.314. The molecule has 0 rings (SSSR count). The van der Waals surface area contributed by atoms with Crippen molar-refractivity contribution in [2.24, 2.45) is 11.3 Å². The average Bonchev–Trinajstić information content (AvgIpc) is 1.80. The monoisotopic (exact) mass is 138 g/mol. The molecule has 58 valence electrons. The molecule has 0 aromatic rings. The van der Waals surface area contributed by atoms with Crippen LogP contribution in [0, 0.1) is 11.3 Å². The topological polar surface area (TPSA) is 0 Å². The lowest BCUT2D eigenvalue weighted by Gasteiger charge is -2.23. The van der Waals surface area contributed by atoms with E-state index >= 15 is 0 Å². The molecule has 0 bridgehead atoms. The quantitative estimate of drug-likeness (QED) is 0.513. The second kappa shape index (κ2) is 3.60. The van der Waals surface area contributed by atoms with Gasteiger partial charge in [0.05, 0.1) is 0 Å². The van der Waals surface area contributed by atoms with Crippen molar-refractivity contribution < 1.29 is 0 Å². The summed E-state index contributed by atoms with van der Waals surface area (Å²) < 4.78 is 0. The van der Waals surface area contributed by atoms with Crippen molar-refractivity contribution in [3.8, 4) is 0 Å². The third-order valence-corrected chi connectivity index (χ3v) is 1.90. The predicted molar refractivity (Wildman–Crippen MR) is 48.0 cm³/mol. The molecule has 0 saturated heterocycles. The van der Waals surface area contributed by atoms with E-state index in [9.17, 15) is 0 Å². The van der Waals surface area contributed by atoms with Gasteiger partial charge in [0.2, 0.25) is 0 Å². The van der Waals surface area contributed by atoms with Crippen LogP contribution in [0.2, 0.25) is 0 Å². The smallest absolute Gasteiger partial charge is 0.0210 e. The van der Waals surface area contributed by atoms with Gasteiger partial charge in [-0.1, -0.05) is 52.5 Å². The highest BCUT2D eigenvalue weighted by molar-refractivity contribution is 5.01. The first-order valence-electron chi connectivity index (χ1n) is 3.77. The van der Waals surface area contributed by atoms with E-state index < -0.39 is 0 Å². The van der Waals surface area contributed by atoms with Crippen LogP contribution in [0.5, 0.6) is 0 Å². The van der Waals surface area contributed by atoms with Crippen LogP contribution < -0.4 is 0 Å². The number of allylic oxidation sites excluding steroid dienone is 3. The van der Waals surface area contributed by atoms with E-state index in [1.165, 1.54) is 0 Å². The van der Waals surface area contributed by atoms with E-state index in [2.05, 4.69) is 40.3 Å². The molecule has 0 fully saturated rings. The van der Waals surface area contributed by atoms with Gasteiger partial charge < -0.3 is 0 Å². The highest BCUT2D eigenvalue weighted by Crippen LogP contribution is 2.25. The summed E-state index contributed by atoms with van der Waals surface area (Å²) in [6.07, 6.45) is 6.02. The second-order valence-corrected chi connectivity index (χ2v) is 3.78. The van der Waals surface area contributed by atoms with Gasteiger partial charge in [0, 0.05) is 0 Å². The van der Waals surface area contributed by atoms with Crippen molar-refractivity contribution in [2.75, 3.05) is 0 Å². The molecule has 0 aliphatic carbocycles. The van der Waals surface area contributed by atoms with Crippen LogP contribution in [0.4, 0.5) is 0 Å². The molecular formula is C10H18. The summed E-state index contributed by atoms with van der Waals surface area (Å²) in [5.74, 6) is 0.616. The van der Waals surface area contributed by atoms with Crippen LogP contribution >= 0.6 is 0 Å². The average molecular weight is 138 g/mol. The molecule has 0 spiro atoms.